The molecule has 0 aliphatic rings. The molecule has 1 heterocycles. The Morgan fingerprint density at radius 3 is 2.67 bits per heavy atom. The van der Waals surface area contributed by atoms with Gasteiger partial charge in [0.05, 0.1) is 6.21 Å². The normalized spacial score (nSPS) is 11.1. The fraction of sp³-hybridized carbons (Fsp3) is 0.118. The van der Waals surface area contributed by atoms with Gasteiger partial charge in [-0.05, 0) is 55.0 Å². The lowest BCUT2D eigenvalue weighted by Crippen LogP contribution is -1.98. The predicted molar refractivity (Wildman–Crippen MR) is 92.3 cm³/mol. The van der Waals surface area contributed by atoms with Crippen molar-refractivity contribution in [1.82, 2.24) is 14.9 Å². The number of hydrogen-bond donors (Lipinski definition) is 1. The molecular weight excluding hydrogens is 327 g/mol. The molecular formula is C17H15FN4OS. The highest BCUT2D eigenvalue weighted by atomic mass is 32.1. The zero-order chi connectivity index (χ0) is 16.9. The van der Waals surface area contributed by atoms with Crippen molar-refractivity contribution in [3.63, 3.8) is 0 Å². The van der Waals surface area contributed by atoms with Crippen molar-refractivity contribution < 1.29 is 9.13 Å². The molecule has 3 rings (SSSR count). The number of aromatic amines is 1. The van der Waals surface area contributed by atoms with E-state index < -0.39 is 0 Å². The first kappa shape index (κ1) is 16.1. The lowest BCUT2D eigenvalue weighted by molar-refractivity contribution is 0.300. The molecule has 1 N–H and O–H groups in total. The van der Waals surface area contributed by atoms with Gasteiger partial charge in [-0.2, -0.15) is 14.9 Å². The Morgan fingerprint density at radius 2 is 2.00 bits per heavy atom. The van der Waals surface area contributed by atoms with E-state index in [9.17, 15) is 4.39 Å². The number of nitrogens with zero attached hydrogens (tertiary/aromatic N) is 3. The number of aryl methyl sites for hydroxylation is 1. The maximum absolute atomic E-state index is 13.5. The van der Waals surface area contributed by atoms with Crippen molar-refractivity contribution >= 4 is 18.4 Å². The fourth-order valence-corrected chi connectivity index (χ4v) is 2.28. The predicted octanol–water partition coefficient (Wildman–Crippen LogP) is 3.85. The van der Waals surface area contributed by atoms with Gasteiger partial charge in [0.25, 0.3) is 0 Å². The molecule has 0 fully saturated rings. The first-order valence-corrected chi connectivity index (χ1v) is 7.69. The highest BCUT2D eigenvalue weighted by molar-refractivity contribution is 7.71. The summed E-state index contributed by atoms with van der Waals surface area (Å²) in [5.74, 6) is 1.07. The summed E-state index contributed by atoms with van der Waals surface area (Å²) in [5, 5.41) is 10.9. The van der Waals surface area contributed by atoms with Crippen LogP contribution in [0.2, 0.25) is 0 Å². The summed E-state index contributed by atoms with van der Waals surface area (Å²) < 4.78 is 21.1. The van der Waals surface area contributed by atoms with Crippen molar-refractivity contribution in [2.75, 3.05) is 0 Å². The summed E-state index contributed by atoms with van der Waals surface area (Å²) in [6.45, 7) is 1.99. The third kappa shape index (κ3) is 3.75. The lowest BCUT2D eigenvalue weighted by Gasteiger charge is -2.07. The molecule has 0 radical (unpaired) electrons. The Hall–Kier alpha value is -2.80. The van der Waals surface area contributed by atoms with Gasteiger partial charge in [0, 0.05) is 5.56 Å². The maximum Gasteiger partial charge on any atom is 0.216 e. The molecule has 0 atom stereocenters. The molecule has 24 heavy (non-hydrogen) atoms. The number of aromatic nitrogens is 3. The first-order valence-electron chi connectivity index (χ1n) is 7.28. The minimum Gasteiger partial charge on any atom is -0.489 e. The molecule has 0 aliphatic heterocycles. The summed E-state index contributed by atoms with van der Waals surface area (Å²) in [7, 11) is 0. The third-order valence-corrected chi connectivity index (χ3v) is 3.63. The van der Waals surface area contributed by atoms with Crippen molar-refractivity contribution in [2.45, 2.75) is 13.5 Å². The van der Waals surface area contributed by atoms with Crippen LogP contribution in [0.4, 0.5) is 4.39 Å². The van der Waals surface area contributed by atoms with Crippen LogP contribution >= 0.6 is 12.2 Å². The molecule has 0 aliphatic carbocycles. The average molecular weight is 342 g/mol. The third-order valence-electron chi connectivity index (χ3n) is 3.37. The molecule has 122 valence electrons. The maximum atomic E-state index is 13.5. The second-order valence-electron chi connectivity index (χ2n) is 5.08. The van der Waals surface area contributed by atoms with Gasteiger partial charge in [-0.1, -0.05) is 18.2 Å². The largest absolute Gasteiger partial charge is 0.489 e. The summed E-state index contributed by atoms with van der Waals surface area (Å²) in [6, 6.07) is 13.9. The molecule has 0 saturated carbocycles. The van der Waals surface area contributed by atoms with E-state index >= 15 is 0 Å². The van der Waals surface area contributed by atoms with Crippen LogP contribution in [-0.2, 0) is 6.61 Å². The van der Waals surface area contributed by atoms with Gasteiger partial charge >= 0.3 is 0 Å². The molecule has 0 bridgehead atoms. The van der Waals surface area contributed by atoms with Gasteiger partial charge in [0.1, 0.15) is 24.0 Å². The second kappa shape index (κ2) is 7.18. The van der Waals surface area contributed by atoms with E-state index in [1.165, 1.54) is 10.7 Å². The molecule has 0 spiro atoms. The smallest absolute Gasteiger partial charge is 0.216 e. The van der Waals surface area contributed by atoms with E-state index in [1.54, 1.807) is 24.4 Å². The van der Waals surface area contributed by atoms with Crippen LogP contribution in [0.5, 0.6) is 5.75 Å². The number of rotatable bonds is 5. The van der Waals surface area contributed by atoms with Crippen molar-refractivity contribution in [3.05, 3.63) is 76.1 Å². The van der Waals surface area contributed by atoms with Crippen LogP contribution in [0.1, 0.15) is 17.0 Å². The number of benzene rings is 2. The number of nitrogens with one attached hydrogen (secondary N) is 1. The monoisotopic (exact) mass is 342 g/mol. The van der Waals surface area contributed by atoms with Crippen LogP contribution in [0.3, 0.4) is 0 Å². The number of halogens is 1. The van der Waals surface area contributed by atoms with Crippen molar-refractivity contribution in [2.24, 2.45) is 5.10 Å². The van der Waals surface area contributed by atoms with Crippen molar-refractivity contribution in [1.29, 1.82) is 0 Å². The Labute approximate surface area is 143 Å². The zero-order valence-electron chi connectivity index (χ0n) is 12.9. The molecule has 3 aromatic rings. The second-order valence-corrected chi connectivity index (χ2v) is 5.47. The van der Waals surface area contributed by atoms with Gasteiger partial charge < -0.3 is 4.74 Å². The topological polar surface area (TPSA) is 55.2 Å². The molecule has 2 aromatic carbocycles. The van der Waals surface area contributed by atoms with Gasteiger partial charge in [0.2, 0.25) is 4.77 Å². The van der Waals surface area contributed by atoms with Gasteiger partial charge in [-0.15, -0.1) is 0 Å². The average Bonchev–Trinajstić information content (AvgIpc) is 2.91. The summed E-state index contributed by atoms with van der Waals surface area (Å²) in [5.41, 5.74) is 1.41. The lowest BCUT2D eigenvalue weighted by atomic mass is 10.2. The minimum absolute atomic E-state index is 0.184. The number of hydrogen-bond acceptors (Lipinski definition) is 4. The summed E-state index contributed by atoms with van der Waals surface area (Å²) in [4.78, 5) is 0. The quantitative estimate of drug-likeness (QED) is 0.566. The number of ether oxygens (including phenoxy) is 1. The standard InChI is InChI=1S/C17H15FN4OS/c1-12-20-21-17(24)22(12)19-10-13-6-8-15(9-7-13)23-11-14-4-2-3-5-16(14)18/h2-10H,11H2,1H3,(H,21,24)/b19-10+. The SMILES string of the molecule is Cc1n[nH]c(=S)n1/N=C/c1ccc(OCc2ccccc2F)cc1. The Morgan fingerprint density at radius 1 is 1.25 bits per heavy atom. The van der Waals surface area contributed by atoms with E-state index in [0.29, 0.717) is 21.9 Å². The Balaban J connectivity index is 1.65. The van der Waals surface area contributed by atoms with Gasteiger partial charge in [-0.3, -0.25) is 5.10 Å². The van der Waals surface area contributed by atoms with E-state index in [4.69, 9.17) is 17.0 Å². The molecule has 0 saturated heterocycles. The molecule has 5 nitrogen and oxygen atoms in total. The number of H-pyrrole nitrogens is 1. The van der Waals surface area contributed by atoms with E-state index in [2.05, 4.69) is 15.3 Å². The van der Waals surface area contributed by atoms with E-state index in [1.807, 2.05) is 31.2 Å². The van der Waals surface area contributed by atoms with E-state index in [-0.39, 0.29) is 12.4 Å². The van der Waals surface area contributed by atoms with Gasteiger partial charge in [0.15, 0.2) is 0 Å². The molecule has 1 aromatic heterocycles. The van der Waals surface area contributed by atoms with Crippen LogP contribution in [-0.4, -0.2) is 21.1 Å². The van der Waals surface area contributed by atoms with Crippen LogP contribution < -0.4 is 4.74 Å². The summed E-state index contributed by atoms with van der Waals surface area (Å²) in [6.07, 6.45) is 1.68. The van der Waals surface area contributed by atoms with Crippen LogP contribution in [0, 0.1) is 17.5 Å². The van der Waals surface area contributed by atoms with Crippen LogP contribution in [0.15, 0.2) is 53.6 Å². The van der Waals surface area contributed by atoms with Gasteiger partial charge in [-0.25, -0.2) is 4.39 Å². The first-order chi connectivity index (χ1) is 11.6. The molecule has 7 heteroatoms. The fourth-order valence-electron chi connectivity index (χ4n) is 2.06. The molecule has 0 amide bonds. The van der Waals surface area contributed by atoms with Crippen molar-refractivity contribution in [3.8, 4) is 5.75 Å². The molecule has 0 unspecified atom stereocenters. The Kier molecular flexibility index (Phi) is 4.81. The van der Waals surface area contributed by atoms with E-state index in [0.717, 1.165) is 5.56 Å². The highest BCUT2D eigenvalue weighted by Gasteiger charge is 2.02. The summed E-state index contributed by atoms with van der Waals surface area (Å²) >= 11 is 5.08. The Bertz CT molecular complexity index is 915. The van der Waals surface area contributed by atoms with Crippen LogP contribution in [0.25, 0.3) is 0 Å². The zero-order valence-corrected chi connectivity index (χ0v) is 13.8. The highest BCUT2D eigenvalue weighted by Crippen LogP contribution is 2.15. The minimum atomic E-state index is -0.270.